The maximum absolute atomic E-state index is 14.0. The number of rotatable bonds is 8. The Hall–Kier alpha value is -6.88. The minimum atomic E-state index is -1.06. The van der Waals surface area contributed by atoms with Crippen LogP contribution in [0.25, 0.3) is 0 Å². The van der Waals surface area contributed by atoms with Crippen molar-refractivity contribution in [1.29, 1.82) is 10.8 Å². The van der Waals surface area contributed by atoms with Gasteiger partial charge in [-0.2, -0.15) is 0 Å². The van der Waals surface area contributed by atoms with Crippen LogP contribution >= 0.6 is 0 Å². The van der Waals surface area contributed by atoms with Gasteiger partial charge in [0.25, 0.3) is 0 Å². The summed E-state index contributed by atoms with van der Waals surface area (Å²) in [5.41, 5.74) is -2.19. The van der Waals surface area contributed by atoms with Gasteiger partial charge >= 0.3 is 30.5 Å². The number of carbonyl (C=O) groups excluding carboxylic acids is 5. The molecule has 0 saturated heterocycles. The second-order valence-electron chi connectivity index (χ2n) is 20.1. The lowest BCUT2D eigenvalue weighted by Crippen LogP contribution is -2.53. The summed E-state index contributed by atoms with van der Waals surface area (Å²) >= 11 is 0. The molecule has 0 spiro atoms. The summed E-state index contributed by atoms with van der Waals surface area (Å²) in [6, 6.07) is 13.4. The van der Waals surface area contributed by atoms with Gasteiger partial charge in [0.15, 0.2) is 0 Å². The van der Waals surface area contributed by atoms with E-state index in [9.17, 15) is 24.0 Å². The van der Waals surface area contributed by atoms with Gasteiger partial charge in [0.2, 0.25) is 5.96 Å². The first kappa shape index (κ1) is 56.2. The third-order valence-corrected chi connectivity index (χ3v) is 7.73. The Morgan fingerprint density at radius 1 is 0.507 bits per heavy atom. The Bertz CT molecular complexity index is 2100. The van der Waals surface area contributed by atoms with Crippen molar-refractivity contribution in [2.24, 2.45) is 4.99 Å². The second kappa shape index (κ2) is 24.1. The van der Waals surface area contributed by atoms with Crippen LogP contribution in [0.2, 0.25) is 0 Å². The molecule has 0 radical (unpaired) electrons. The maximum atomic E-state index is 14.0. The largest absolute Gasteiger partial charge is 0.444 e. The van der Waals surface area contributed by atoms with E-state index >= 15 is 0 Å². The van der Waals surface area contributed by atoms with Gasteiger partial charge < -0.3 is 23.7 Å². The van der Waals surface area contributed by atoms with E-state index in [2.05, 4.69) is 39.3 Å². The zero-order valence-corrected chi connectivity index (χ0v) is 41.8. The molecule has 0 atom stereocenters. The molecule has 2 aromatic rings. The SMILES string of the molecule is CC(C)(C)OC(=O)N=C(N(CCCC#Cc1ccc(C(=N)NC(=O)OC(C)(C)C)cc1)C(=O)OC(C)(C)C)N(CCCC#Cc1ccc(C(=N)NC(=O)OC(C)(C)C)cc1)C(=O)OC(C)(C)C. The van der Waals surface area contributed by atoms with Gasteiger partial charge in [0.05, 0.1) is 0 Å². The molecule has 0 aliphatic carbocycles. The summed E-state index contributed by atoms with van der Waals surface area (Å²) < 4.78 is 27.5. The number of amidine groups is 2. The van der Waals surface area contributed by atoms with Crippen LogP contribution in [0.3, 0.4) is 0 Å². The van der Waals surface area contributed by atoms with Gasteiger partial charge in [-0.3, -0.25) is 21.5 Å². The van der Waals surface area contributed by atoms with Crippen LogP contribution in [0.15, 0.2) is 53.5 Å². The molecular weight excluding hydrogens is 859 g/mol. The number of unbranched alkanes of at least 4 members (excludes halogenated alkanes) is 2. The predicted molar refractivity (Wildman–Crippen MR) is 257 cm³/mol. The van der Waals surface area contributed by atoms with Crippen LogP contribution in [-0.4, -0.2) is 99.0 Å². The topological polar surface area (TPSA) is 222 Å². The third kappa shape index (κ3) is 23.8. The standard InChI is InChI=1S/C50H69N7O10/c1-46(2,3)63-41(58)53-38(51)36-28-24-34(25-29-36)22-18-16-20-32-56(44(61)66-49(10,11)12)40(55-43(60)65-48(7,8)9)57(45(62)67-50(13,14)15)33-21-17-19-23-35-26-30-37(31-27-35)39(52)54-42(59)64-47(4,5)6/h24-31H,16-17,20-21,32-33H2,1-15H3,(H2,51,53,58)(H2,52,54,59). The van der Waals surface area contributed by atoms with E-state index < -0.39 is 58.5 Å². The zero-order valence-electron chi connectivity index (χ0n) is 41.8. The van der Waals surface area contributed by atoms with Crippen LogP contribution in [0.4, 0.5) is 24.0 Å². The molecule has 0 fully saturated rings. The molecule has 0 aromatic heterocycles. The fourth-order valence-corrected chi connectivity index (χ4v) is 5.19. The highest BCUT2D eigenvalue weighted by Crippen LogP contribution is 2.19. The smallest absolute Gasteiger partial charge is 0.437 e. The molecule has 2 rings (SSSR count). The molecule has 17 nitrogen and oxygen atoms in total. The van der Waals surface area contributed by atoms with Crippen molar-refractivity contribution >= 4 is 48.1 Å². The number of nitrogens with one attached hydrogen (secondary N) is 4. The molecule has 364 valence electrons. The molecule has 0 unspecified atom stereocenters. The number of nitrogens with zero attached hydrogens (tertiary/aromatic N) is 3. The number of carbonyl (C=O) groups is 5. The maximum Gasteiger partial charge on any atom is 0.437 e. The van der Waals surface area contributed by atoms with Crippen LogP contribution < -0.4 is 10.6 Å². The van der Waals surface area contributed by atoms with Crippen molar-refractivity contribution in [3.05, 3.63) is 70.8 Å². The van der Waals surface area contributed by atoms with Gasteiger partial charge in [-0.25, -0.2) is 33.8 Å². The third-order valence-electron chi connectivity index (χ3n) is 7.73. The molecule has 17 heteroatoms. The van der Waals surface area contributed by atoms with Gasteiger partial charge in [0.1, 0.15) is 39.7 Å². The summed E-state index contributed by atoms with van der Waals surface area (Å²) in [6.07, 6.45) is -3.26. The van der Waals surface area contributed by atoms with Crippen molar-refractivity contribution in [3.63, 3.8) is 0 Å². The van der Waals surface area contributed by atoms with E-state index in [1.54, 1.807) is 152 Å². The zero-order chi connectivity index (χ0) is 51.0. The van der Waals surface area contributed by atoms with E-state index in [1.165, 1.54) is 0 Å². The average Bonchev–Trinajstić information content (AvgIpc) is 3.13. The minimum Gasteiger partial charge on any atom is -0.444 e. The summed E-state index contributed by atoms with van der Waals surface area (Å²) in [4.78, 5) is 72.1. The van der Waals surface area contributed by atoms with Crippen molar-refractivity contribution in [2.45, 2.75) is 158 Å². The molecule has 4 N–H and O–H groups in total. The van der Waals surface area contributed by atoms with E-state index in [0.717, 1.165) is 9.80 Å². The van der Waals surface area contributed by atoms with Gasteiger partial charge in [0, 0.05) is 48.2 Å². The first-order valence-electron chi connectivity index (χ1n) is 21.9. The molecule has 67 heavy (non-hydrogen) atoms. The number of amides is 5. The number of aliphatic imine (C=N–C) groups is 1. The fraction of sp³-hybridized carbons (Fsp3) is 0.520. The Morgan fingerprint density at radius 3 is 1.12 bits per heavy atom. The van der Waals surface area contributed by atoms with E-state index in [0.29, 0.717) is 22.3 Å². The van der Waals surface area contributed by atoms with E-state index in [-0.39, 0.29) is 56.4 Å². The summed E-state index contributed by atoms with van der Waals surface area (Å²) in [5.74, 6) is 11.6. The molecule has 0 heterocycles. The predicted octanol–water partition coefficient (Wildman–Crippen LogP) is 10.1. The summed E-state index contributed by atoms with van der Waals surface area (Å²) in [6.45, 7) is 25.3. The van der Waals surface area contributed by atoms with Gasteiger partial charge in [-0.05, 0) is 141 Å². The Kier molecular flexibility index (Phi) is 20.2. The van der Waals surface area contributed by atoms with Crippen molar-refractivity contribution in [2.75, 3.05) is 13.1 Å². The highest BCUT2D eigenvalue weighted by molar-refractivity contribution is 6.06. The first-order chi connectivity index (χ1) is 30.7. The van der Waals surface area contributed by atoms with Crippen LogP contribution in [0, 0.1) is 34.5 Å². The highest BCUT2D eigenvalue weighted by atomic mass is 16.6. The number of hydrogen-bond donors (Lipinski definition) is 4. The Labute approximate surface area is 396 Å². The summed E-state index contributed by atoms with van der Waals surface area (Å²) in [5, 5.41) is 21.3. The quantitative estimate of drug-likeness (QED) is 0.0645. The van der Waals surface area contributed by atoms with Crippen molar-refractivity contribution < 1.29 is 47.7 Å². The average molecular weight is 928 g/mol. The molecular formula is C50H69N7O10. The molecule has 0 aliphatic rings. The molecule has 2 aromatic carbocycles. The first-order valence-corrected chi connectivity index (χ1v) is 21.9. The van der Waals surface area contributed by atoms with Crippen LogP contribution in [0.1, 0.15) is 152 Å². The Morgan fingerprint density at radius 2 is 0.821 bits per heavy atom. The van der Waals surface area contributed by atoms with Crippen molar-refractivity contribution in [3.8, 4) is 23.7 Å². The lowest BCUT2D eigenvalue weighted by Gasteiger charge is -2.34. The lowest BCUT2D eigenvalue weighted by atomic mass is 10.1. The molecule has 0 aliphatic heterocycles. The van der Waals surface area contributed by atoms with Gasteiger partial charge in [-0.1, -0.05) is 47.9 Å². The number of ether oxygens (including phenoxy) is 5. The minimum absolute atomic E-state index is 0.0858. The number of guanidine groups is 1. The summed E-state index contributed by atoms with van der Waals surface area (Å²) in [7, 11) is 0. The number of alkyl carbamates (subject to hydrolysis) is 2. The molecule has 5 amide bonds. The molecule has 0 saturated carbocycles. The van der Waals surface area contributed by atoms with Gasteiger partial charge in [-0.15, -0.1) is 4.99 Å². The lowest BCUT2D eigenvalue weighted by molar-refractivity contribution is 0.0272. The fourth-order valence-electron chi connectivity index (χ4n) is 5.19. The van der Waals surface area contributed by atoms with Crippen LogP contribution in [-0.2, 0) is 23.7 Å². The second-order valence-corrected chi connectivity index (χ2v) is 20.1. The Balaban J connectivity index is 2.42. The van der Waals surface area contributed by atoms with Crippen molar-refractivity contribution in [1.82, 2.24) is 20.4 Å². The normalized spacial score (nSPS) is 11.4. The monoisotopic (exact) mass is 928 g/mol. The highest BCUT2D eigenvalue weighted by Gasteiger charge is 2.35. The number of benzene rings is 2. The van der Waals surface area contributed by atoms with E-state index in [1.807, 2.05) is 0 Å². The van der Waals surface area contributed by atoms with Crippen LogP contribution in [0.5, 0.6) is 0 Å². The number of hydrogen-bond acceptors (Lipinski definition) is 12. The van der Waals surface area contributed by atoms with E-state index in [4.69, 9.17) is 34.5 Å². The molecule has 0 bridgehead atoms.